The summed E-state index contributed by atoms with van der Waals surface area (Å²) in [5.41, 5.74) is -0.225. The van der Waals surface area contributed by atoms with Gasteiger partial charge in [-0.3, -0.25) is 4.79 Å². The van der Waals surface area contributed by atoms with Crippen LogP contribution in [0.5, 0.6) is 0 Å². The molecule has 5 heteroatoms. The van der Waals surface area contributed by atoms with Crippen molar-refractivity contribution in [1.82, 2.24) is 9.36 Å². The molecule has 0 bridgehead atoms. The Balaban J connectivity index is 2.93. The molecular formula is C7H3N3OS. The molecule has 2 aromatic heterocycles. The predicted molar refractivity (Wildman–Crippen MR) is 45.0 cm³/mol. The number of hydrogen-bond acceptors (Lipinski definition) is 4. The van der Waals surface area contributed by atoms with Crippen molar-refractivity contribution >= 4 is 21.7 Å². The van der Waals surface area contributed by atoms with Crippen LogP contribution in [-0.2, 0) is 0 Å². The van der Waals surface area contributed by atoms with Crippen LogP contribution in [0.3, 0.4) is 0 Å². The van der Waals surface area contributed by atoms with Crippen molar-refractivity contribution in [2.45, 2.75) is 0 Å². The van der Waals surface area contributed by atoms with Crippen LogP contribution >= 0.6 is 11.5 Å². The average Bonchev–Trinajstić information content (AvgIpc) is 2.49. The van der Waals surface area contributed by atoms with Crippen molar-refractivity contribution in [1.29, 1.82) is 5.26 Å². The lowest BCUT2D eigenvalue weighted by atomic mass is 10.2. The van der Waals surface area contributed by atoms with E-state index in [0.29, 0.717) is 4.83 Å². The quantitative estimate of drug-likeness (QED) is 0.648. The predicted octanol–water partition coefficient (Wildman–Crippen LogP) is 0.856. The minimum Gasteiger partial charge on any atom is -0.311 e. The fourth-order valence-electron chi connectivity index (χ4n) is 0.920. The van der Waals surface area contributed by atoms with Gasteiger partial charge in [-0.1, -0.05) is 0 Å². The lowest BCUT2D eigenvalue weighted by Crippen LogP contribution is -2.08. The maximum atomic E-state index is 11.1. The summed E-state index contributed by atoms with van der Waals surface area (Å²) in [6.45, 7) is 0. The number of H-pyrrole nitrogens is 1. The van der Waals surface area contributed by atoms with E-state index in [1.807, 2.05) is 6.07 Å². The first kappa shape index (κ1) is 7.00. The van der Waals surface area contributed by atoms with E-state index in [1.54, 1.807) is 6.20 Å². The summed E-state index contributed by atoms with van der Waals surface area (Å²) < 4.78 is 3.88. The van der Waals surface area contributed by atoms with E-state index in [1.165, 1.54) is 17.6 Å². The molecule has 0 aliphatic rings. The highest BCUT2D eigenvalue weighted by Crippen LogP contribution is 2.13. The Hall–Kier alpha value is -1.67. The zero-order valence-corrected chi connectivity index (χ0v) is 6.68. The molecule has 0 aromatic carbocycles. The Morgan fingerprint density at radius 2 is 2.50 bits per heavy atom. The molecule has 0 atom stereocenters. The van der Waals surface area contributed by atoms with Gasteiger partial charge in [0, 0.05) is 5.39 Å². The maximum Gasteiger partial charge on any atom is 0.266 e. The van der Waals surface area contributed by atoms with Crippen molar-refractivity contribution in [3.8, 4) is 6.07 Å². The molecule has 2 heterocycles. The Bertz CT molecular complexity index is 519. The van der Waals surface area contributed by atoms with Gasteiger partial charge in [-0.2, -0.15) is 9.64 Å². The van der Waals surface area contributed by atoms with Crippen LogP contribution in [0, 0.1) is 11.3 Å². The lowest BCUT2D eigenvalue weighted by Gasteiger charge is -1.87. The number of nitrogens with one attached hydrogen (secondary N) is 1. The molecule has 0 saturated heterocycles. The first-order valence-corrected chi connectivity index (χ1v) is 3.96. The van der Waals surface area contributed by atoms with Gasteiger partial charge in [-0.25, -0.2) is 0 Å². The molecule has 2 rings (SSSR count). The molecule has 58 valence electrons. The molecule has 2 aromatic rings. The van der Waals surface area contributed by atoms with Crippen LogP contribution in [0.2, 0.25) is 0 Å². The van der Waals surface area contributed by atoms with Crippen LogP contribution in [0.4, 0.5) is 0 Å². The van der Waals surface area contributed by atoms with Gasteiger partial charge >= 0.3 is 0 Å². The van der Waals surface area contributed by atoms with E-state index in [2.05, 4.69) is 9.36 Å². The minimum atomic E-state index is -0.353. The van der Waals surface area contributed by atoms with Gasteiger partial charge in [0.15, 0.2) is 0 Å². The standard InChI is InChI=1S/C7H3N3OS/c8-2-4-1-5-3-9-12-7(5)10-6(4)11/h1,3H,(H,10,11). The fraction of sp³-hybridized carbons (Fsp3) is 0. The van der Waals surface area contributed by atoms with Crippen molar-refractivity contribution < 1.29 is 0 Å². The highest BCUT2D eigenvalue weighted by atomic mass is 32.1. The van der Waals surface area contributed by atoms with Gasteiger partial charge in [0.05, 0.1) is 6.20 Å². The summed E-state index contributed by atoms with van der Waals surface area (Å²) in [6.07, 6.45) is 1.62. The number of pyridine rings is 1. The van der Waals surface area contributed by atoms with Crippen molar-refractivity contribution in [3.05, 3.63) is 28.2 Å². The SMILES string of the molecule is N#Cc1cc2cnsc2[nH]c1=O. The summed E-state index contributed by atoms with van der Waals surface area (Å²) in [7, 11) is 0. The van der Waals surface area contributed by atoms with Gasteiger partial charge in [0.2, 0.25) is 0 Å². The van der Waals surface area contributed by atoms with Gasteiger partial charge in [-0.05, 0) is 17.6 Å². The molecule has 0 saturated carbocycles. The zero-order chi connectivity index (χ0) is 8.55. The van der Waals surface area contributed by atoms with E-state index >= 15 is 0 Å². The fourth-order valence-corrected chi connectivity index (χ4v) is 1.55. The molecule has 1 N–H and O–H groups in total. The molecule has 0 unspecified atom stereocenters. The average molecular weight is 177 g/mol. The van der Waals surface area contributed by atoms with E-state index in [0.717, 1.165) is 5.39 Å². The van der Waals surface area contributed by atoms with E-state index < -0.39 is 0 Å². The van der Waals surface area contributed by atoms with Crippen LogP contribution in [0.15, 0.2) is 17.1 Å². The lowest BCUT2D eigenvalue weighted by molar-refractivity contribution is 1.29. The largest absolute Gasteiger partial charge is 0.311 e. The molecule has 0 radical (unpaired) electrons. The first-order chi connectivity index (χ1) is 5.81. The monoisotopic (exact) mass is 177 g/mol. The smallest absolute Gasteiger partial charge is 0.266 e. The van der Waals surface area contributed by atoms with Crippen LogP contribution in [0.25, 0.3) is 10.2 Å². The molecule has 0 fully saturated rings. The number of nitrogens with zero attached hydrogens (tertiary/aromatic N) is 2. The van der Waals surface area contributed by atoms with Crippen LogP contribution in [0.1, 0.15) is 5.56 Å². The summed E-state index contributed by atoms with van der Waals surface area (Å²) in [5, 5.41) is 9.33. The zero-order valence-electron chi connectivity index (χ0n) is 5.87. The highest BCUT2D eigenvalue weighted by molar-refractivity contribution is 7.12. The molecule has 0 aliphatic heterocycles. The van der Waals surface area contributed by atoms with E-state index in [-0.39, 0.29) is 11.1 Å². The second kappa shape index (κ2) is 2.43. The number of aromatic nitrogens is 2. The number of nitriles is 1. The third-order valence-corrected chi connectivity index (χ3v) is 2.22. The van der Waals surface area contributed by atoms with Crippen molar-refractivity contribution in [2.75, 3.05) is 0 Å². The maximum absolute atomic E-state index is 11.1. The summed E-state index contributed by atoms with van der Waals surface area (Å²) in [4.78, 5) is 14.3. The van der Waals surface area contributed by atoms with Gasteiger partial charge < -0.3 is 4.98 Å². The topological polar surface area (TPSA) is 69.5 Å². The molecule has 0 amide bonds. The number of aromatic amines is 1. The van der Waals surface area contributed by atoms with Gasteiger partial charge in [0.25, 0.3) is 5.56 Å². The second-order valence-electron chi connectivity index (χ2n) is 2.23. The Morgan fingerprint density at radius 1 is 1.67 bits per heavy atom. The summed E-state index contributed by atoms with van der Waals surface area (Å²) >= 11 is 1.21. The van der Waals surface area contributed by atoms with Gasteiger partial charge in [-0.15, -0.1) is 0 Å². The third kappa shape index (κ3) is 0.898. The van der Waals surface area contributed by atoms with Crippen molar-refractivity contribution in [2.24, 2.45) is 0 Å². The van der Waals surface area contributed by atoms with Crippen LogP contribution < -0.4 is 5.56 Å². The van der Waals surface area contributed by atoms with Gasteiger partial charge in [0.1, 0.15) is 16.5 Å². The highest BCUT2D eigenvalue weighted by Gasteiger charge is 2.02. The number of hydrogen-bond donors (Lipinski definition) is 1. The normalized spacial score (nSPS) is 9.92. The van der Waals surface area contributed by atoms with E-state index in [9.17, 15) is 4.79 Å². The van der Waals surface area contributed by atoms with Crippen molar-refractivity contribution in [3.63, 3.8) is 0 Å². The Morgan fingerprint density at radius 3 is 3.25 bits per heavy atom. The molecule has 4 nitrogen and oxygen atoms in total. The molecule has 12 heavy (non-hydrogen) atoms. The van der Waals surface area contributed by atoms with E-state index in [4.69, 9.17) is 5.26 Å². The first-order valence-electron chi connectivity index (χ1n) is 3.19. The molecule has 0 aliphatic carbocycles. The molecule has 0 spiro atoms. The van der Waals surface area contributed by atoms with Crippen LogP contribution in [-0.4, -0.2) is 9.36 Å². The summed E-state index contributed by atoms with van der Waals surface area (Å²) in [5.74, 6) is 0. The Kier molecular flexibility index (Phi) is 1.42. The third-order valence-electron chi connectivity index (χ3n) is 1.49. The Labute approximate surface area is 71.3 Å². The molecular weight excluding hydrogens is 174 g/mol. The summed E-state index contributed by atoms with van der Waals surface area (Å²) in [6, 6.07) is 3.35. The second-order valence-corrected chi connectivity index (χ2v) is 3.04. The minimum absolute atomic E-state index is 0.128. The number of rotatable bonds is 0. The number of fused-ring (bicyclic) bond motifs is 1.